The van der Waals surface area contributed by atoms with Crippen molar-refractivity contribution in [1.82, 2.24) is 10.2 Å². The number of hydrogen-bond acceptors (Lipinski definition) is 2. The number of amides is 1. The molecule has 1 aliphatic heterocycles. The molecule has 1 aromatic carbocycles. The summed E-state index contributed by atoms with van der Waals surface area (Å²) in [4.78, 5) is 13.4. The Morgan fingerprint density at radius 1 is 1.37 bits per heavy atom. The van der Waals surface area contributed by atoms with Gasteiger partial charge in [0.05, 0.1) is 0 Å². The Balaban J connectivity index is 2.27. The molecule has 0 radical (unpaired) electrons. The molecule has 0 aliphatic carbocycles. The van der Waals surface area contributed by atoms with Gasteiger partial charge in [0.15, 0.2) is 16.7 Å². The molecule has 0 aromatic heterocycles. The van der Waals surface area contributed by atoms with E-state index in [0.29, 0.717) is 17.2 Å². The molecule has 6 heteroatoms. The molecule has 1 N–H and O–H groups in total. The Hall–Kier alpha value is -1.82. The summed E-state index contributed by atoms with van der Waals surface area (Å²) in [6, 6.07) is 3.44. The highest BCUT2D eigenvalue weighted by Crippen LogP contribution is 2.16. The van der Waals surface area contributed by atoms with Crippen molar-refractivity contribution in [1.29, 1.82) is 0 Å². The molecule has 0 atom stereocenters. The van der Waals surface area contributed by atoms with E-state index in [1.54, 1.807) is 0 Å². The molecule has 1 fully saturated rings. The summed E-state index contributed by atoms with van der Waals surface area (Å²) in [7, 11) is 0. The molecule has 3 nitrogen and oxygen atoms in total. The van der Waals surface area contributed by atoms with Crippen LogP contribution in [0.15, 0.2) is 23.9 Å². The first-order valence-electron chi connectivity index (χ1n) is 5.82. The first-order valence-corrected chi connectivity index (χ1v) is 6.23. The Morgan fingerprint density at radius 2 is 2.11 bits per heavy atom. The van der Waals surface area contributed by atoms with Crippen molar-refractivity contribution in [2.75, 3.05) is 6.54 Å². The number of carbonyl (C=O) groups excluding carboxylic acids is 1. The van der Waals surface area contributed by atoms with E-state index in [9.17, 15) is 13.6 Å². The molecule has 0 spiro atoms. The van der Waals surface area contributed by atoms with Crippen LogP contribution >= 0.6 is 12.2 Å². The lowest BCUT2D eigenvalue weighted by Gasteiger charge is -2.11. The number of nitrogens with zero attached hydrogens (tertiary/aromatic N) is 1. The van der Waals surface area contributed by atoms with E-state index in [2.05, 4.69) is 5.32 Å². The van der Waals surface area contributed by atoms with Crippen molar-refractivity contribution in [3.8, 4) is 0 Å². The fourth-order valence-corrected chi connectivity index (χ4v) is 2.05. The molecular weight excluding hydrogens is 270 g/mol. The summed E-state index contributed by atoms with van der Waals surface area (Å²) in [5.41, 5.74) is 0.667. The lowest BCUT2D eigenvalue weighted by atomic mass is 10.2. The number of rotatable bonds is 3. The largest absolute Gasteiger partial charge is 0.328 e. The minimum atomic E-state index is -0.951. The van der Waals surface area contributed by atoms with Gasteiger partial charge >= 0.3 is 0 Å². The maximum atomic E-state index is 13.1. The van der Waals surface area contributed by atoms with Crippen molar-refractivity contribution < 1.29 is 13.6 Å². The van der Waals surface area contributed by atoms with Crippen LogP contribution in [0.25, 0.3) is 6.08 Å². The van der Waals surface area contributed by atoms with Crippen molar-refractivity contribution in [3.63, 3.8) is 0 Å². The number of halogens is 2. The zero-order chi connectivity index (χ0) is 14.0. The smallest absolute Gasteiger partial charge is 0.276 e. The van der Waals surface area contributed by atoms with Gasteiger partial charge in [0.2, 0.25) is 0 Å². The van der Waals surface area contributed by atoms with Gasteiger partial charge in [-0.15, -0.1) is 0 Å². The average molecular weight is 282 g/mol. The summed E-state index contributed by atoms with van der Waals surface area (Å²) in [6.45, 7) is 2.47. The molecule has 0 bridgehead atoms. The lowest BCUT2D eigenvalue weighted by Crippen LogP contribution is -2.31. The normalized spacial score (nSPS) is 17.2. The minimum absolute atomic E-state index is 0.253. The molecule has 100 valence electrons. The fraction of sp³-hybridized carbons (Fsp3) is 0.231. The molecule has 1 amide bonds. The van der Waals surface area contributed by atoms with Gasteiger partial charge in [0.25, 0.3) is 5.91 Å². The van der Waals surface area contributed by atoms with Gasteiger partial charge < -0.3 is 5.32 Å². The van der Waals surface area contributed by atoms with Crippen molar-refractivity contribution in [3.05, 3.63) is 41.1 Å². The van der Waals surface area contributed by atoms with Crippen LogP contribution in [0.3, 0.4) is 0 Å². The zero-order valence-corrected chi connectivity index (χ0v) is 11.1. The molecule has 1 heterocycles. The van der Waals surface area contributed by atoms with Gasteiger partial charge in [0, 0.05) is 6.54 Å². The molecule has 2 rings (SSSR count). The molecule has 19 heavy (non-hydrogen) atoms. The average Bonchev–Trinajstić information content (AvgIpc) is 2.62. The third-order valence-corrected chi connectivity index (χ3v) is 2.99. The monoisotopic (exact) mass is 282 g/mol. The van der Waals surface area contributed by atoms with Crippen molar-refractivity contribution >= 4 is 29.3 Å². The van der Waals surface area contributed by atoms with Gasteiger partial charge in [0.1, 0.15) is 5.70 Å². The molecule has 1 aliphatic rings. The summed E-state index contributed by atoms with van der Waals surface area (Å²) in [5, 5.41) is 3.11. The van der Waals surface area contributed by atoms with Crippen molar-refractivity contribution in [2.24, 2.45) is 0 Å². The lowest BCUT2D eigenvalue weighted by molar-refractivity contribution is -0.122. The molecule has 1 aromatic rings. The summed E-state index contributed by atoms with van der Waals surface area (Å²) in [6.07, 6.45) is 2.23. The van der Waals surface area contributed by atoms with E-state index in [1.165, 1.54) is 17.0 Å². The third kappa shape index (κ3) is 2.78. The van der Waals surface area contributed by atoms with Gasteiger partial charge in [-0.3, -0.25) is 9.69 Å². The van der Waals surface area contributed by atoms with Crippen LogP contribution in [0.5, 0.6) is 0 Å². The number of thiocarbonyl (C=S) groups is 1. The Labute approximate surface area is 114 Å². The van der Waals surface area contributed by atoms with Gasteiger partial charge in [-0.2, -0.15) is 0 Å². The van der Waals surface area contributed by atoms with Gasteiger partial charge in [-0.05, 0) is 42.4 Å². The first kappa shape index (κ1) is 13.6. The van der Waals surface area contributed by atoms with Crippen LogP contribution in [0.1, 0.15) is 18.9 Å². The van der Waals surface area contributed by atoms with Crippen LogP contribution < -0.4 is 5.32 Å². The highest BCUT2D eigenvalue weighted by atomic mass is 32.1. The summed E-state index contributed by atoms with van der Waals surface area (Å²) < 4.78 is 25.9. The molecule has 0 saturated carbocycles. The highest BCUT2D eigenvalue weighted by Gasteiger charge is 2.29. The topological polar surface area (TPSA) is 32.3 Å². The third-order valence-electron chi connectivity index (χ3n) is 2.66. The maximum absolute atomic E-state index is 13.1. The van der Waals surface area contributed by atoms with Crippen LogP contribution in [0.2, 0.25) is 0 Å². The van der Waals surface area contributed by atoms with E-state index in [-0.39, 0.29) is 11.6 Å². The van der Waals surface area contributed by atoms with Crippen LogP contribution in [0, 0.1) is 11.6 Å². The van der Waals surface area contributed by atoms with E-state index in [0.717, 1.165) is 18.6 Å². The van der Waals surface area contributed by atoms with Gasteiger partial charge in [-0.25, -0.2) is 8.78 Å². The predicted molar refractivity (Wildman–Crippen MR) is 72.1 cm³/mol. The van der Waals surface area contributed by atoms with Crippen LogP contribution in [-0.2, 0) is 4.79 Å². The van der Waals surface area contributed by atoms with Crippen molar-refractivity contribution in [2.45, 2.75) is 13.3 Å². The van der Waals surface area contributed by atoms with E-state index in [4.69, 9.17) is 12.2 Å². The predicted octanol–water partition coefficient (Wildman–Crippen LogP) is 2.43. The van der Waals surface area contributed by atoms with E-state index < -0.39 is 11.6 Å². The second-order valence-electron chi connectivity index (χ2n) is 4.12. The Kier molecular flexibility index (Phi) is 3.90. The quantitative estimate of drug-likeness (QED) is 0.682. The SMILES string of the molecule is CCCN1C(=O)C(=Cc2ccc(F)c(F)c2)NC1=S. The number of carbonyl (C=O) groups is 1. The molecule has 0 unspecified atom stereocenters. The van der Waals surface area contributed by atoms with Gasteiger partial charge in [-0.1, -0.05) is 13.0 Å². The Bertz CT molecular complexity index is 572. The van der Waals surface area contributed by atoms with Crippen LogP contribution in [-0.4, -0.2) is 22.5 Å². The van der Waals surface area contributed by atoms with E-state index >= 15 is 0 Å². The molecular formula is C13H12F2N2OS. The standard InChI is InChI=1S/C13H12F2N2OS/c1-2-5-17-12(18)11(16-13(17)19)7-8-3-4-9(14)10(15)6-8/h3-4,6-7H,2,5H2,1H3,(H,16,19). The zero-order valence-electron chi connectivity index (χ0n) is 10.2. The summed E-state index contributed by atoms with van der Waals surface area (Å²) in [5.74, 6) is -2.12. The Morgan fingerprint density at radius 3 is 2.74 bits per heavy atom. The van der Waals surface area contributed by atoms with E-state index in [1.807, 2.05) is 6.92 Å². The number of benzene rings is 1. The fourth-order valence-electron chi connectivity index (χ4n) is 1.77. The maximum Gasteiger partial charge on any atom is 0.276 e. The second-order valence-corrected chi connectivity index (χ2v) is 4.51. The summed E-state index contributed by atoms with van der Waals surface area (Å²) >= 11 is 5.04. The minimum Gasteiger partial charge on any atom is -0.328 e. The second kappa shape index (κ2) is 5.44. The number of hydrogen-bond donors (Lipinski definition) is 1. The molecule has 1 saturated heterocycles. The number of nitrogens with one attached hydrogen (secondary N) is 1. The first-order chi connectivity index (χ1) is 9.02. The highest BCUT2D eigenvalue weighted by molar-refractivity contribution is 7.80. The van der Waals surface area contributed by atoms with Crippen LogP contribution in [0.4, 0.5) is 8.78 Å².